The maximum Gasteiger partial charge on any atom is 2.00 e. The Labute approximate surface area is 428 Å². The molecule has 0 amide bonds. The van der Waals surface area contributed by atoms with Gasteiger partial charge in [-0.2, -0.15) is 0 Å². The molecule has 0 saturated carbocycles. The van der Waals surface area contributed by atoms with Gasteiger partial charge < -0.3 is 9.80 Å². The quantitative estimate of drug-likeness (QED) is 0.0847. The molecule has 10 rings (SSSR count). The van der Waals surface area contributed by atoms with Crippen molar-refractivity contribution in [3.05, 3.63) is 262 Å². The molecule has 0 spiro atoms. The largest absolute Gasteiger partial charge is 2.00 e. The van der Waals surface area contributed by atoms with E-state index in [1.807, 2.05) is 54.6 Å². The third-order valence-electron chi connectivity index (χ3n) is 13.7. The summed E-state index contributed by atoms with van der Waals surface area (Å²) in [5.74, 6) is 0.370. The van der Waals surface area contributed by atoms with E-state index in [2.05, 4.69) is 169 Å². The summed E-state index contributed by atoms with van der Waals surface area (Å²) in [4.78, 5) is 40.0. The number of aromatic nitrogens is 2. The summed E-state index contributed by atoms with van der Waals surface area (Å²) in [5, 5.41) is 3.15. The van der Waals surface area contributed by atoms with Crippen molar-refractivity contribution in [1.29, 1.82) is 0 Å². The molecule has 0 N–H and O–H groups in total. The summed E-state index contributed by atoms with van der Waals surface area (Å²) in [7, 11) is 2.06. The average molecular weight is 985 g/mol. The van der Waals surface area contributed by atoms with Crippen molar-refractivity contribution in [2.45, 2.75) is 57.3 Å². The number of benzene rings is 6. The summed E-state index contributed by atoms with van der Waals surface area (Å²) in [6.45, 7) is 7.55. The van der Waals surface area contributed by atoms with Crippen molar-refractivity contribution in [1.82, 2.24) is 9.97 Å². The van der Waals surface area contributed by atoms with Gasteiger partial charge in [-0.15, -0.1) is 0 Å². The van der Waals surface area contributed by atoms with E-state index in [1.165, 1.54) is 38.6 Å². The van der Waals surface area contributed by atoms with Gasteiger partial charge in [0, 0.05) is 76.8 Å². The molecular formula is C62H57ClCoN4O2+2. The molecule has 2 aromatic heterocycles. The standard InChI is InChI=1S/C34H33ClN2O.C28H24N2O.Co/c1-25(2)18-20-37-31-17-16-28(35)21-29(31)34(23-26-11-5-3-6-12-26,24-27-13-7-4-8-14-27)33(37)22-32(38)30-15-9-10-19-36-30;1-28(19-20-10-4-3-5-11-20)26(18-25(31)23-14-8-9-17-29-23)30(2)24-16-15-21-12-6-7-13-22(21)27(24)28;/h3-17,19,21-22,25H,18,20,23-24H2,1-2H3;3-18H,19H2,1-2H3;/q;;+2/b33-22-;26-18-;. The number of rotatable bonds is 13. The number of hydrogen-bond donors (Lipinski definition) is 0. The minimum atomic E-state index is -0.482. The minimum absolute atomic E-state index is 0. The van der Waals surface area contributed by atoms with Crippen LogP contribution in [0.15, 0.2) is 218 Å². The first-order valence-electron chi connectivity index (χ1n) is 23.8. The van der Waals surface area contributed by atoms with Crippen LogP contribution in [0.5, 0.6) is 0 Å². The average Bonchev–Trinajstić information content (AvgIpc) is 3.73. The molecule has 6 nitrogen and oxygen atoms in total. The molecule has 1 radical (unpaired) electrons. The van der Waals surface area contributed by atoms with Crippen LogP contribution in [0, 0.1) is 5.92 Å². The van der Waals surface area contributed by atoms with Crippen LogP contribution >= 0.6 is 11.6 Å². The smallest absolute Gasteiger partial charge is 0.347 e. The second-order valence-corrected chi connectivity index (χ2v) is 19.3. The minimum Gasteiger partial charge on any atom is -0.347 e. The van der Waals surface area contributed by atoms with E-state index >= 15 is 0 Å². The Morgan fingerprint density at radius 2 is 1.10 bits per heavy atom. The number of allylic oxidation sites excluding steroid dienone is 4. The Morgan fingerprint density at radius 1 is 0.600 bits per heavy atom. The van der Waals surface area contributed by atoms with Crippen molar-refractivity contribution >= 4 is 45.3 Å². The topological polar surface area (TPSA) is 66.4 Å². The maximum absolute atomic E-state index is 13.7. The fourth-order valence-corrected chi connectivity index (χ4v) is 10.6. The Morgan fingerprint density at radius 3 is 1.64 bits per heavy atom. The van der Waals surface area contributed by atoms with Gasteiger partial charge in [-0.05, 0) is 126 Å². The van der Waals surface area contributed by atoms with Gasteiger partial charge in [0.1, 0.15) is 11.4 Å². The van der Waals surface area contributed by atoms with Gasteiger partial charge in [0.2, 0.25) is 11.6 Å². The molecule has 4 heterocycles. The number of anilines is 2. The van der Waals surface area contributed by atoms with E-state index in [0.29, 0.717) is 22.3 Å². The maximum atomic E-state index is 13.7. The molecule has 1 atom stereocenters. The predicted molar refractivity (Wildman–Crippen MR) is 283 cm³/mol. The summed E-state index contributed by atoms with van der Waals surface area (Å²) in [5.41, 5.74) is 10.5. The molecule has 70 heavy (non-hydrogen) atoms. The van der Waals surface area contributed by atoms with Crippen LogP contribution in [0.2, 0.25) is 5.02 Å². The van der Waals surface area contributed by atoms with Crippen LogP contribution < -0.4 is 9.80 Å². The molecule has 8 aromatic rings. The van der Waals surface area contributed by atoms with Crippen LogP contribution in [0.4, 0.5) is 11.4 Å². The second kappa shape index (κ2) is 21.8. The van der Waals surface area contributed by atoms with Gasteiger partial charge in [0.05, 0.1) is 0 Å². The van der Waals surface area contributed by atoms with E-state index in [9.17, 15) is 9.59 Å². The zero-order chi connectivity index (χ0) is 48.0. The molecule has 2 aliphatic heterocycles. The van der Waals surface area contributed by atoms with Gasteiger partial charge in [-0.3, -0.25) is 19.6 Å². The number of ketones is 2. The van der Waals surface area contributed by atoms with Gasteiger partial charge in [0.15, 0.2) is 0 Å². The summed E-state index contributed by atoms with van der Waals surface area (Å²) < 4.78 is 0. The van der Waals surface area contributed by atoms with E-state index in [4.69, 9.17) is 11.6 Å². The molecular weight excluding hydrogens is 927 g/mol. The molecule has 0 saturated heterocycles. The molecule has 351 valence electrons. The second-order valence-electron chi connectivity index (χ2n) is 18.9. The predicted octanol–water partition coefficient (Wildman–Crippen LogP) is 14.0. The van der Waals surface area contributed by atoms with Gasteiger partial charge >= 0.3 is 16.8 Å². The fourth-order valence-electron chi connectivity index (χ4n) is 10.4. The Kier molecular flexibility index (Phi) is 15.4. The van der Waals surface area contributed by atoms with Crippen molar-refractivity contribution in [3.8, 4) is 0 Å². The third kappa shape index (κ3) is 10.3. The van der Waals surface area contributed by atoms with E-state index in [-0.39, 0.29) is 33.8 Å². The SMILES string of the molecule is CC(C)CCN1/C(=C\C(=O)c2ccccn2)C(Cc2ccccc2)(Cc2ccccc2)c2cc(Cl)ccc21.CN1/C(=C\C(=O)c2ccccn2)C(C)(Cc2ccccc2)c2c1ccc1ccccc21.[Co+2]. The summed E-state index contributed by atoms with van der Waals surface area (Å²) >= 11 is 6.67. The number of fused-ring (bicyclic) bond motifs is 4. The van der Waals surface area contributed by atoms with Crippen molar-refractivity contribution in [2.75, 3.05) is 23.4 Å². The molecule has 6 aromatic carbocycles. The first-order valence-corrected chi connectivity index (χ1v) is 24.2. The van der Waals surface area contributed by atoms with E-state index in [0.717, 1.165) is 55.0 Å². The fraction of sp³-hybridized carbons (Fsp3) is 0.194. The summed E-state index contributed by atoms with van der Waals surface area (Å²) in [6, 6.07) is 61.6. The van der Waals surface area contributed by atoms with Crippen molar-refractivity contribution < 1.29 is 26.4 Å². The monoisotopic (exact) mass is 983 g/mol. The van der Waals surface area contributed by atoms with E-state index < -0.39 is 5.41 Å². The third-order valence-corrected chi connectivity index (χ3v) is 13.9. The van der Waals surface area contributed by atoms with Crippen LogP contribution in [0.25, 0.3) is 10.8 Å². The number of nitrogens with zero attached hydrogens (tertiary/aromatic N) is 4. The van der Waals surface area contributed by atoms with Gasteiger partial charge in [-0.25, -0.2) is 0 Å². The number of pyridine rings is 2. The number of carbonyl (C=O) groups excluding carboxylic acids is 2. The van der Waals surface area contributed by atoms with Crippen LogP contribution in [-0.2, 0) is 46.9 Å². The van der Waals surface area contributed by atoms with Crippen LogP contribution in [0.3, 0.4) is 0 Å². The zero-order valence-electron chi connectivity index (χ0n) is 40.1. The number of likely N-dealkylation sites (N-methyl/N-ethyl adjacent to an activating group) is 1. The Bertz CT molecular complexity index is 3100. The number of hydrogen-bond acceptors (Lipinski definition) is 6. The van der Waals surface area contributed by atoms with Gasteiger partial charge in [-0.1, -0.05) is 159 Å². The molecule has 0 bridgehead atoms. The first kappa shape index (κ1) is 49.5. The Balaban J connectivity index is 0.000000189. The van der Waals surface area contributed by atoms with Gasteiger partial charge in [0.25, 0.3) is 0 Å². The van der Waals surface area contributed by atoms with E-state index in [1.54, 1.807) is 30.6 Å². The van der Waals surface area contributed by atoms with Crippen LogP contribution in [-0.4, -0.2) is 35.1 Å². The molecule has 1 unspecified atom stereocenters. The van der Waals surface area contributed by atoms with Crippen molar-refractivity contribution in [2.24, 2.45) is 5.92 Å². The first-order chi connectivity index (χ1) is 33.5. The Hall–Kier alpha value is -6.90. The van der Waals surface area contributed by atoms with Crippen molar-refractivity contribution in [3.63, 3.8) is 0 Å². The molecule has 0 aliphatic carbocycles. The number of halogens is 1. The number of carbonyl (C=O) groups is 2. The normalized spacial score (nSPS) is 16.7. The van der Waals surface area contributed by atoms with Crippen LogP contribution in [0.1, 0.15) is 76.0 Å². The molecule has 8 heteroatoms. The molecule has 2 aliphatic rings. The summed E-state index contributed by atoms with van der Waals surface area (Å²) in [6.07, 6.45) is 10.3. The zero-order valence-corrected chi connectivity index (χ0v) is 41.9. The molecule has 0 fully saturated rings.